The summed E-state index contributed by atoms with van der Waals surface area (Å²) in [5.41, 5.74) is 2.60. The molecule has 1 unspecified atom stereocenters. The summed E-state index contributed by atoms with van der Waals surface area (Å²) in [5, 5.41) is 11.3. The number of carbonyl (C=O) groups excluding carboxylic acids is 3. The van der Waals surface area contributed by atoms with Crippen LogP contribution in [0.15, 0.2) is 18.2 Å². The minimum Gasteiger partial charge on any atom is -0.396 e. The Bertz CT molecular complexity index is 641. The van der Waals surface area contributed by atoms with Crippen LogP contribution >= 0.6 is 0 Å². The second-order valence-corrected chi connectivity index (χ2v) is 5.67. The molecule has 0 saturated carbocycles. The van der Waals surface area contributed by atoms with E-state index in [1.54, 1.807) is 11.0 Å². The Hall–Kier alpha value is -2.21. The van der Waals surface area contributed by atoms with E-state index in [1.807, 2.05) is 12.1 Å². The van der Waals surface area contributed by atoms with Gasteiger partial charge in [0, 0.05) is 25.1 Å². The number of aliphatic hydroxyl groups excluding tert-OH is 1. The Balaban J connectivity index is 1.84. The molecule has 22 heavy (non-hydrogen) atoms. The van der Waals surface area contributed by atoms with Crippen LogP contribution in [0, 0.1) is 0 Å². The molecule has 1 aromatic rings. The van der Waals surface area contributed by atoms with Gasteiger partial charge < -0.3 is 10.0 Å². The average molecular weight is 302 g/mol. The van der Waals surface area contributed by atoms with Gasteiger partial charge in [0.25, 0.3) is 5.91 Å². The third-order valence-electron chi connectivity index (χ3n) is 4.28. The Labute approximate surface area is 128 Å². The number of benzene rings is 1. The van der Waals surface area contributed by atoms with E-state index in [0.717, 1.165) is 11.1 Å². The van der Waals surface area contributed by atoms with E-state index in [1.165, 1.54) is 0 Å². The van der Waals surface area contributed by atoms with Crippen molar-refractivity contribution in [3.63, 3.8) is 0 Å². The van der Waals surface area contributed by atoms with Crippen molar-refractivity contribution in [3.05, 3.63) is 34.9 Å². The first-order valence-corrected chi connectivity index (χ1v) is 7.48. The van der Waals surface area contributed by atoms with E-state index < -0.39 is 11.9 Å². The van der Waals surface area contributed by atoms with Crippen LogP contribution in [0.25, 0.3) is 0 Å². The molecule has 1 aromatic carbocycles. The lowest BCUT2D eigenvalue weighted by Crippen LogP contribution is -2.52. The van der Waals surface area contributed by atoms with E-state index in [2.05, 4.69) is 5.32 Å². The van der Waals surface area contributed by atoms with Crippen molar-refractivity contribution in [3.8, 4) is 0 Å². The molecule has 0 radical (unpaired) electrons. The minimum atomic E-state index is -0.580. The van der Waals surface area contributed by atoms with Crippen molar-refractivity contribution in [2.75, 3.05) is 6.61 Å². The van der Waals surface area contributed by atoms with Gasteiger partial charge in [-0.1, -0.05) is 12.1 Å². The first kappa shape index (κ1) is 14.7. The molecule has 2 aliphatic heterocycles. The van der Waals surface area contributed by atoms with Gasteiger partial charge in [0.15, 0.2) is 0 Å². The van der Waals surface area contributed by atoms with Crippen LogP contribution in [0.1, 0.15) is 40.7 Å². The van der Waals surface area contributed by atoms with E-state index in [9.17, 15) is 14.4 Å². The van der Waals surface area contributed by atoms with Crippen molar-refractivity contribution >= 4 is 17.7 Å². The fraction of sp³-hybridized carbons (Fsp3) is 0.438. The van der Waals surface area contributed by atoms with Crippen molar-refractivity contribution < 1.29 is 19.5 Å². The zero-order valence-electron chi connectivity index (χ0n) is 12.2. The van der Waals surface area contributed by atoms with Crippen LogP contribution in [-0.2, 0) is 22.6 Å². The molecule has 0 aromatic heterocycles. The van der Waals surface area contributed by atoms with Crippen LogP contribution < -0.4 is 5.32 Å². The van der Waals surface area contributed by atoms with Gasteiger partial charge in [-0.2, -0.15) is 0 Å². The smallest absolute Gasteiger partial charge is 0.255 e. The van der Waals surface area contributed by atoms with E-state index in [-0.39, 0.29) is 24.8 Å². The highest BCUT2D eigenvalue weighted by Crippen LogP contribution is 2.30. The zero-order chi connectivity index (χ0) is 15.7. The largest absolute Gasteiger partial charge is 0.396 e. The first-order chi connectivity index (χ1) is 10.6. The van der Waals surface area contributed by atoms with Crippen LogP contribution in [0.5, 0.6) is 0 Å². The maximum absolute atomic E-state index is 12.6. The highest BCUT2D eigenvalue weighted by atomic mass is 16.3. The first-order valence-electron chi connectivity index (χ1n) is 7.48. The number of aryl methyl sites for hydroxylation is 1. The normalized spacial score (nSPS) is 21.0. The molecular weight excluding hydrogens is 284 g/mol. The average Bonchev–Trinajstić information content (AvgIpc) is 2.83. The fourth-order valence-corrected chi connectivity index (χ4v) is 3.15. The quantitative estimate of drug-likeness (QED) is 0.787. The Morgan fingerprint density at radius 2 is 2.09 bits per heavy atom. The summed E-state index contributed by atoms with van der Waals surface area (Å²) in [7, 11) is 0. The highest BCUT2D eigenvalue weighted by Gasteiger charge is 2.39. The lowest BCUT2D eigenvalue weighted by atomic mass is 10.00. The predicted octanol–water partition coefficient (Wildman–Crippen LogP) is 0.373. The molecule has 0 aliphatic carbocycles. The monoisotopic (exact) mass is 302 g/mol. The van der Waals surface area contributed by atoms with Gasteiger partial charge in [-0.15, -0.1) is 0 Å². The van der Waals surface area contributed by atoms with E-state index >= 15 is 0 Å². The summed E-state index contributed by atoms with van der Waals surface area (Å²) in [5.74, 6) is -0.835. The van der Waals surface area contributed by atoms with Crippen molar-refractivity contribution in [1.29, 1.82) is 0 Å². The molecule has 1 fully saturated rings. The predicted molar refractivity (Wildman–Crippen MR) is 77.9 cm³/mol. The van der Waals surface area contributed by atoms with Gasteiger partial charge in [-0.25, -0.2) is 0 Å². The second kappa shape index (κ2) is 5.88. The maximum Gasteiger partial charge on any atom is 0.255 e. The fourth-order valence-electron chi connectivity index (χ4n) is 3.15. The lowest BCUT2D eigenvalue weighted by Gasteiger charge is -2.29. The molecule has 6 nitrogen and oxygen atoms in total. The Morgan fingerprint density at radius 1 is 1.27 bits per heavy atom. The SMILES string of the molecule is O=C1CCC(N2Cc3c(CCCO)cccc3C2=O)C(=O)N1. The van der Waals surface area contributed by atoms with E-state index in [4.69, 9.17) is 5.11 Å². The summed E-state index contributed by atoms with van der Waals surface area (Å²) in [6.07, 6.45) is 1.98. The summed E-state index contributed by atoms with van der Waals surface area (Å²) >= 11 is 0. The Morgan fingerprint density at radius 3 is 2.82 bits per heavy atom. The van der Waals surface area contributed by atoms with Gasteiger partial charge in [0.1, 0.15) is 6.04 Å². The number of hydrogen-bond acceptors (Lipinski definition) is 4. The maximum atomic E-state index is 12.6. The Kier molecular flexibility index (Phi) is 3.94. The molecule has 0 bridgehead atoms. The summed E-state index contributed by atoms with van der Waals surface area (Å²) in [4.78, 5) is 37.3. The molecule has 0 spiro atoms. The number of nitrogens with zero attached hydrogens (tertiary/aromatic N) is 1. The minimum absolute atomic E-state index is 0.106. The van der Waals surface area contributed by atoms with Crippen molar-refractivity contribution in [2.45, 2.75) is 38.3 Å². The summed E-state index contributed by atoms with van der Waals surface area (Å²) in [6, 6.07) is 4.97. The number of imide groups is 1. The van der Waals surface area contributed by atoms with Gasteiger partial charge in [0.2, 0.25) is 11.8 Å². The molecule has 6 heteroatoms. The van der Waals surface area contributed by atoms with Gasteiger partial charge in [-0.05, 0) is 36.5 Å². The van der Waals surface area contributed by atoms with Crippen LogP contribution in [0.4, 0.5) is 0 Å². The third kappa shape index (κ3) is 2.50. The molecule has 1 atom stereocenters. The molecular formula is C16H18N2O4. The van der Waals surface area contributed by atoms with Crippen LogP contribution in [0.3, 0.4) is 0 Å². The van der Waals surface area contributed by atoms with Crippen LogP contribution in [-0.4, -0.2) is 40.4 Å². The van der Waals surface area contributed by atoms with Gasteiger partial charge in [0.05, 0.1) is 0 Å². The topological polar surface area (TPSA) is 86.7 Å². The zero-order valence-corrected chi connectivity index (χ0v) is 12.2. The van der Waals surface area contributed by atoms with Gasteiger partial charge >= 0.3 is 0 Å². The number of piperidine rings is 1. The molecule has 3 amide bonds. The number of hydrogen-bond donors (Lipinski definition) is 2. The number of aliphatic hydroxyl groups is 1. The summed E-state index contributed by atoms with van der Waals surface area (Å²) < 4.78 is 0. The number of carbonyl (C=O) groups is 3. The number of amides is 3. The van der Waals surface area contributed by atoms with E-state index in [0.29, 0.717) is 31.4 Å². The molecule has 2 N–H and O–H groups in total. The standard InChI is InChI=1S/C16H18N2O4/c19-8-2-4-10-3-1-5-11-12(10)9-18(16(11)22)13-6-7-14(20)17-15(13)21/h1,3,5,13,19H,2,4,6-9H2,(H,17,20,21). The molecule has 3 rings (SSSR count). The van der Waals surface area contributed by atoms with Gasteiger partial charge in [-0.3, -0.25) is 19.7 Å². The molecule has 1 saturated heterocycles. The second-order valence-electron chi connectivity index (χ2n) is 5.67. The highest BCUT2D eigenvalue weighted by molar-refractivity contribution is 6.05. The van der Waals surface area contributed by atoms with Crippen molar-refractivity contribution in [1.82, 2.24) is 10.2 Å². The van der Waals surface area contributed by atoms with Crippen LogP contribution in [0.2, 0.25) is 0 Å². The molecule has 116 valence electrons. The molecule has 2 heterocycles. The van der Waals surface area contributed by atoms with Crippen molar-refractivity contribution in [2.24, 2.45) is 0 Å². The lowest BCUT2D eigenvalue weighted by molar-refractivity contribution is -0.136. The number of fused-ring (bicyclic) bond motifs is 1. The molecule has 2 aliphatic rings. The number of nitrogens with one attached hydrogen (secondary N) is 1. The number of rotatable bonds is 4. The third-order valence-corrected chi connectivity index (χ3v) is 4.28. The summed E-state index contributed by atoms with van der Waals surface area (Å²) in [6.45, 7) is 0.497.